The summed E-state index contributed by atoms with van der Waals surface area (Å²) in [4.78, 5) is 11.6. The van der Waals surface area contributed by atoms with Crippen LogP contribution in [0.5, 0.6) is 0 Å². The molecule has 5 unspecified atom stereocenters. The number of ether oxygens (including phenoxy) is 3. The van der Waals surface area contributed by atoms with Crippen molar-refractivity contribution in [3.8, 4) is 0 Å². The first-order valence-corrected chi connectivity index (χ1v) is 17.4. The van der Waals surface area contributed by atoms with E-state index in [1.807, 2.05) is 13.0 Å². The third-order valence-corrected chi connectivity index (χ3v) is 9.13. The molecule has 4 nitrogen and oxygen atoms in total. The molecule has 226 valence electrons. The summed E-state index contributed by atoms with van der Waals surface area (Å²) >= 11 is 0. The third-order valence-electron chi connectivity index (χ3n) is 9.13. The lowest BCUT2D eigenvalue weighted by Gasteiger charge is -2.03. The van der Waals surface area contributed by atoms with Crippen molar-refractivity contribution in [3.05, 3.63) is 11.6 Å². The monoisotopic (exact) mass is 546 g/mol. The molecule has 0 saturated carbocycles. The van der Waals surface area contributed by atoms with Crippen LogP contribution in [0, 0.1) is 0 Å². The van der Waals surface area contributed by atoms with Crippen molar-refractivity contribution >= 4 is 5.97 Å². The fourth-order valence-corrected chi connectivity index (χ4v) is 6.43. The summed E-state index contributed by atoms with van der Waals surface area (Å²) in [6, 6.07) is 0. The van der Waals surface area contributed by atoms with Crippen LogP contribution in [0.4, 0.5) is 0 Å². The Morgan fingerprint density at radius 2 is 0.923 bits per heavy atom. The number of hydrogen-bond donors (Lipinski definition) is 0. The van der Waals surface area contributed by atoms with Crippen LogP contribution in [0.3, 0.4) is 0 Å². The number of hydrogen-bond acceptors (Lipinski definition) is 4. The summed E-state index contributed by atoms with van der Waals surface area (Å²) in [5, 5.41) is 0. The lowest BCUT2D eigenvalue weighted by atomic mass is 10.0. The molecule has 0 N–H and O–H groups in total. The molecule has 0 aromatic heterocycles. The van der Waals surface area contributed by atoms with E-state index in [0.717, 1.165) is 18.4 Å². The molecule has 0 radical (unpaired) electrons. The van der Waals surface area contributed by atoms with Crippen molar-refractivity contribution in [3.63, 3.8) is 0 Å². The summed E-state index contributed by atoms with van der Waals surface area (Å²) in [5.41, 5.74) is 0.894. The molecule has 4 heteroatoms. The quantitative estimate of drug-likeness (QED) is 0.0584. The molecular weight excluding hydrogens is 484 g/mol. The first-order chi connectivity index (χ1) is 19.2. The highest BCUT2D eigenvalue weighted by Crippen LogP contribution is 2.37. The highest BCUT2D eigenvalue weighted by Gasteiger charge is 2.42. The molecule has 2 fully saturated rings. The number of carbonyl (C=O) groups is 1. The van der Waals surface area contributed by atoms with E-state index >= 15 is 0 Å². The van der Waals surface area contributed by atoms with E-state index in [-0.39, 0.29) is 12.1 Å². The van der Waals surface area contributed by atoms with E-state index in [1.54, 1.807) is 0 Å². The average molecular weight is 547 g/mol. The van der Waals surface area contributed by atoms with Gasteiger partial charge in [-0.1, -0.05) is 129 Å². The molecule has 3 rings (SSSR count). The zero-order valence-corrected chi connectivity index (χ0v) is 25.8. The minimum absolute atomic E-state index is 0.0231. The fourth-order valence-electron chi connectivity index (χ4n) is 6.43. The van der Waals surface area contributed by atoms with E-state index < -0.39 is 0 Å². The smallest absolute Gasteiger partial charge is 0.334 e. The Morgan fingerprint density at radius 1 is 0.538 bits per heavy atom. The van der Waals surface area contributed by atoms with Crippen LogP contribution in [-0.2, 0) is 19.0 Å². The van der Waals surface area contributed by atoms with E-state index in [0.29, 0.717) is 24.4 Å². The normalized spacial score (nSPS) is 25.6. The molecule has 0 aromatic carbocycles. The Hall–Kier alpha value is -0.870. The van der Waals surface area contributed by atoms with Gasteiger partial charge < -0.3 is 14.2 Å². The van der Waals surface area contributed by atoms with Crippen LogP contribution in [0.15, 0.2) is 11.6 Å². The fraction of sp³-hybridized carbons (Fsp3) is 0.914. The van der Waals surface area contributed by atoms with Crippen LogP contribution in [0.1, 0.15) is 174 Å². The predicted octanol–water partition coefficient (Wildman–Crippen LogP) is 10.2. The van der Waals surface area contributed by atoms with Gasteiger partial charge in [0.1, 0.15) is 6.10 Å². The Morgan fingerprint density at radius 3 is 1.33 bits per heavy atom. The van der Waals surface area contributed by atoms with Crippen molar-refractivity contribution in [2.45, 2.75) is 205 Å². The van der Waals surface area contributed by atoms with E-state index in [1.165, 1.54) is 148 Å². The second-order valence-corrected chi connectivity index (χ2v) is 12.9. The molecule has 5 atom stereocenters. The number of cyclic esters (lactones) is 1. The maximum Gasteiger partial charge on any atom is 0.334 e. The first-order valence-electron chi connectivity index (χ1n) is 17.4. The Balaban J connectivity index is 0.988. The Kier molecular flexibility index (Phi) is 16.8. The van der Waals surface area contributed by atoms with Gasteiger partial charge in [-0.2, -0.15) is 0 Å². The molecule has 3 aliphatic heterocycles. The molecule has 0 aromatic rings. The van der Waals surface area contributed by atoms with Gasteiger partial charge >= 0.3 is 5.97 Å². The number of rotatable bonds is 27. The largest absolute Gasteiger partial charge is 0.455 e. The van der Waals surface area contributed by atoms with Gasteiger partial charge in [0.05, 0.1) is 24.4 Å². The highest BCUT2D eigenvalue weighted by molar-refractivity contribution is 5.90. The number of unbranched alkanes of at least 4 members (excludes halogenated alkanes) is 18. The Bertz CT molecular complexity index is 674. The number of epoxide rings is 2. The van der Waals surface area contributed by atoms with Gasteiger partial charge in [0, 0.05) is 5.57 Å². The van der Waals surface area contributed by atoms with E-state index in [4.69, 9.17) is 14.2 Å². The van der Waals surface area contributed by atoms with Gasteiger partial charge in [0.15, 0.2) is 0 Å². The SMILES string of the molecule is CCCCCCCCCCCCC1OC1CCC1OC1CCCCCCCCCCCCC1=CC(C)OC1=O. The zero-order chi connectivity index (χ0) is 27.5. The second-order valence-electron chi connectivity index (χ2n) is 12.9. The minimum atomic E-state index is -0.0951. The number of carbonyl (C=O) groups excluding carboxylic acids is 1. The maximum atomic E-state index is 11.6. The molecule has 39 heavy (non-hydrogen) atoms. The van der Waals surface area contributed by atoms with Crippen LogP contribution < -0.4 is 0 Å². The molecule has 0 aliphatic carbocycles. The van der Waals surface area contributed by atoms with Crippen molar-refractivity contribution in [1.82, 2.24) is 0 Å². The first kappa shape index (κ1) is 32.6. The maximum absolute atomic E-state index is 11.6. The summed E-state index contributed by atoms with van der Waals surface area (Å²) in [5.74, 6) is -0.0951. The average Bonchev–Trinajstić information content (AvgIpc) is 3.83. The molecule has 0 amide bonds. The minimum Gasteiger partial charge on any atom is -0.455 e. The van der Waals surface area contributed by atoms with Gasteiger partial charge in [-0.05, 0) is 51.5 Å². The van der Waals surface area contributed by atoms with Gasteiger partial charge in [0.25, 0.3) is 0 Å². The zero-order valence-electron chi connectivity index (χ0n) is 25.8. The van der Waals surface area contributed by atoms with Crippen molar-refractivity contribution < 1.29 is 19.0 Å². The third kappa shape index (κ3) is 15.1. The summed E-state index contributed by atoms with van der Waals surface area (Å²) in [6.45, 7) is 4.22. The molecule has 2 saturated heterocycles. The molecule has 3 heterocycles. The van der Waals surface area contributed by atoms with Gasteiger partial charge in [-0.25, -0.2) is 4.79 Å². The lowest BCUT2D eigenvalue weighted by Crippen LogP contribution is -2.03. The second kappa shape index (κ2) is 20.1. The summed E-state index contributed by atoms with van der Waals surface area (Å²) < 4.78 is 17.0. The van der Waals surface area contributed by atoms with Crippen molar-refractivity contribution in [2.24, 2.45) is 0 Å². The van der Waals surface area contributed by atoms with Gasteiger partial charge in [-0.3, -0.25) is 0 Å². The topological polar surface area (TPSA) is 51.4 Å². The van der Waals surface area contributed by atoms with Crippen molar-refractivity contribution in [1.29, 1.82) is 0 Å². The molecular formula is C35H62O4. The van der Waals surface area contributed by atoms with Crippen LogP contribution >= 0.6 is 0 Å². The van der Waals surface area contributed by atoms with Crippen molar-refractivity contribution in [2.75, 3.05) is 0 Å². The highest BCUT2D eigenvalue weighted by atomic mass is 16.6. The van der Waals surface area contributed by atoms with Crippen LogP contribution in [-0.4, -0.2) is 36.5 Å². The van der Waals surface area contributed by atoms with Crippen LogP contribution in [0.25, 0.3) is 0 Å². The van der Waals surface area contributed by atoms with E-state index in [9.17, 15) is 4.79 Å². The predicted molar refractivity (Wildman–Crippen MR) is 162 cm³/mol. The van der Waals surface area contributed by atoms with Crippen LogP contribution in [0.2, 0.25) is 0 Å². The molecule has 0 bridgehead atoms. The van der Waals surface area contributed by atoms with E-state index in [2.05, 4.69) is 6.92 Å². The van der Waals surface area contributed by atoms with Gasteiger partial charge in [-0.15, -0.1) is 0 Å². The van der Waals surface area contributed by atoms with Gasteiger partial charge in [0.2, 0.25) is 0 Å². The standard InChI is InChI=1S/C35H62O4/c1-3-4-5-6-7-8-12-15-18-21-24-31-33(38-31)26-27-34-32(39-34)25-22-19-16-13-10-9-11-14-17-20-23-30-28-29(2)37-35(30)36/h28-29,31-34H,3-27H2,1-2H3. The number of esters is 1. The lowest BCUT2D eigenvalue weighted by molar-refractivity contribution is -0.139. The summed E-state index contributed by atoms with van der Waals surface area (Å²) in [7, 11) is 0. The summed E-state index contributed by atoms with van der Waals surface area (Å²) in [6.07, 6.45) is 37.3. The molecule has 3 aliphatic rings. The molecule has 0 spiro atoms. The Labute approximate surface area is 241 Å².